The molecule has 2 amide bonds. The van der Waals surface area contributed by atoms with Gasteiger partial charge in [0.25, 0.3) is 11.3 Å². The molecule has 2 heterocycles. The molecule has 0 aliphatic rings. The minimum Gasteiger partial charge on any atom is -0.444 e. The van der Waals surface area contributed by atoms with E-state index in [9.17, 15) is 32.3 Å². The average Bonchev–Trinajstić information content (AvgIpc) is 2.88. The summed E-state index contributed by atoms with van der Waals surface area (Å²) in [5, 5.41) is 4.31. The molecule has 0 fully saturated rings. The van der Waals surface area contributed by atoms with E-state index < -0.39 is 48.0 Å². The summed E-state index contributed by atoms with van der Waals surface area (Å²) >= 11 is 0. The number of nitrogens with zero attached hydrogens (tertiary/aromatic N) is 3. The van der Waals surface area contributed by atoms with E-state index in [1.807, 2.05) is 0 Å². The molecule has 3 rings (SSSR count). The minimum atomic E-state index is -5.16. The van der Waals surface area contributed by atoms with E-state index in [0.717, 1.165) is 10.8 Å². The Kier molecular flexibility index (Phi) is 8.94. The summed E-state index contributed by atoms with van der Waals surface area (Å²) in [6.07, 6.45) is -2.23. The van der Waals surface area contributed by atoms with Gasteiger partial charge in [0, 0.05) is 18.0 Å². The molecule has 10 nitrogen and oxygen atoms in total. The lowest BCUT2D eigenvalue weighted by Crippen LogP contribution is -2.51. The summed E-state index contributed by atoms with van der Waals surface area (Å²) < 4.78 is 45.0. The van der Waals surface area contributed by atoms with Crippen LogP contribution in [0.25, 0.3) is 11.4 Å². The van der Waals surface area contributed by atoms with E-state index in [-0.39, 0.29) is 18.1 Å². The number of alkyl halides is 3. The lowest BCUT2D eigenvalue weighted by atomic mass is 9.99. The molecule has 3 aromatic rings. The summed E-state index contributed by atoms with van der Waals surface area (Å²) in [6, 6.07) is 10.0. The van der Waals surface area contributed by atoms with Crippen molar-refractivity contribution in [2.45, 2.75) is 39.2 Å². The molecule has 0 aliphatic heterocycles. The number of hydrogen-bond acceptors (Lipinski definition) is 7. The first-order valence-electron chi connectivity index (χ1n) is 11.4. The standard InChI is InChI=1S/C25H24F3N5O5/c1-15(2)20(21(35)25(26,27)28)32-19(34)13-33-22(17-9-6-10-29-11-17)30-12-18(23(33)36)31-24(37)38-14-16-7-4-3-5-8-16/h3-12,15,20H,13-14H2,1-2H3,(H,31,37)(H,32,34). The summed E-state index contributed by atoms with van der Waals surface area (Å²) in [6.45, 7) is 1.82. The van der Waals surface area contributed by atoms with Crippen LogP contribution in [0.1, 0.15) is 19.4 Å². The fourth-order valence-corrected chi connectivity index (χ4v) is 3.39. The summed E-state index contributed by atoms with van der Waals surface area (Å²) in [5.74, 6) is -4.08. The number of carbonyl (C=O) groups is 3. The second kappa shape index (κ2) is 12.1. The van der Waals surface area contributed by atoms with Crippen molar-refractivity contribution >= 4 is 23.5 Å². The molecule has 2 N–H and O–H groups in total. The predicted molar refractivity (Wildman–Crippen MR) is 130 cm³/mol. The third kappa shape index (κ3) is 7.24. The van der Waals surface area contributed by atoms with Crippen LogP contribution in [-0.2, 0) is 27.5 Å². The maximum atomic E-state index is 13.2. The van der Waals surface area contributed by atoms with Gasteiger partial charge in [-0.2, -0.15) is 13.2 Å². The van der Waals surface area contributed by atoms with E-state index in [4.69, 9.17) is 4.74 Å². The van der Waals surface area contributed by atoms with Crippen LogP contribution in [0.2, 0.25) is 0 Å². The van der Waals surface area contributed by atoms with Gasteiger partial charge in [-0.15, -0.1) is 0 Å². The van der Waals surface area contributed by atoms with Gasteiger partial charge >= 0.3 is 12.3 Å². The maximum Gasteiger partial charge on any atom is 0.452 e. The molecule has 0 aliphatic carbocycles. The SMILES string of the molecule is CC(C)C(NC(=O)Cn1c(-c2cccnc2)ncc(NC(=O)OCc2ccccc2)c1=O)C(=O)C(F)(F)F. The zero-order chi connectivity index (χ0) is 27.9. The van der Waals surface area contributed by atoms with Gasteiger partial charge < -0.3 is 10.1 Å². The number of amides is 2. The zero-order valence-electron chi connectivity index (χ0n) is 20.4. The Labute approximate surface area is 214 Å². The quantitative estimate of drug-likeness (QED) is 0.433. The molecule has 0 spiro atoms. The number of aromatic nitrogens is 3. The van der Waals surface area contributed by atoms with Crippen molar-refractivity contribution in [3.05, 3.63) is 77.0 Å². The van der Waals surface area contributed by atoms with Crippen molar-refractivity contribution < 1.29 is 32.3 Å². The molecule has 0 saturated carbocycles. The molecule has 200 valence electrons. The minimum absolute atomic E-state index is 0.0373. The van der Waals surface area contributed by atoms with Crippen LogP contribution in [0.4, 0.5) is 23.7 Å². The highest BCUT2D eigenvalue weighted by Crippen LogP contribution is 2.21. The Morgan fingerprint density at radius 2 is 1.76 bits per heavy atom. The number of carbonyl (C=O) groups excluding carboxylic acids is 3. The third-order valence-corrected chi connectivity index (χ3v) is 5.26. The highest BCUT2D eigenvalue weighted by molar-refractivity contribution is 5.93. The van der Waals surface area contributed by atoms with Crippen molar-refractivity contribution in [1.82, 2.24) is 19.9 Å². The van der Waals surface area contributed by atoms with Gasteiger partial charge in [0.15, 0.2) is 0 Å². The number of Topliss-reactive ketones (excluding diaryl/α,β-unsaturated/α-hetero) is 1. The highest BCUT2D eigenvalue weighted by Gasteiger charge is 2.45. The van der Waals surface area contributed by atoms with Gasteiger partial charge in [0.1, 0.15) is 24.7 Å². The number of ketones is 1. The first-order valence-corrected chi connectivity index (χ1v) is 11.4. The highest BCUT2D eigenvalue weighted by atomic mass is 19.4. The Morgan fingerprint density at radius 1 is 1.05 bits per heavy atom. The lowest BCUT2D eigenvalue weighted by Gasteiger charge is -2.23. The number of benzene rings is 1. The van der Waals surface area contributed by atoms with Crippen molar-refractivity contribution in [2.75, 3.05) is 5.32 Å². The first-order chi connectivity index (χ1) is 18.0. The molecule has 0 saturated heterocycles. The fraction of sp³-hybridized carbons (Fsp3) is 0.280. The van der Waals surface area contributed by atoms with Crippen LogP contribution >= 0.6 is 0 Å². The fourth-order valence-electron chi connectivity index (χ4n) is 3.39. The third-order valence-electron chi connectivity index (χ3n) is 5.26. The molecular formula is C25H24F3N5O5. The van der Waals surface area contributed by atoms with Crippen molar-refractivity contribution in [3.63, 3.8) is 0 Å². The number of pyridine rings is 1. The largest absolute Gasteiger partial charge is 0.452 e. The Balaban J connectivity index is 1.87. The molecule has 38 heavy (non-hydrogen) atoms. The molecule has 0 bridgehead atoms. The Hall–Kier alpha value is -4.55. The second-order valence-corrected chi connectivity index (χ2v) is 8.47. The Morgan fingerprint density at radius 3 is 2.37 bits per heavy atom. The molecule has 1 aromatic carbocycles. The van der Waals surface area contributed by atoms with Crippen LogP contribution in [0.15, 0.2) is 65.8 Å². The molecule has 0 radical (unpaired) electrons. The lowest BCUT2D eigenvalue weighted by molar-refractivity contribution is -0.174. The normalized spacial score (nSPS) is 12.1. The molecular weight excluding hydrogens is 507 g/mol. The first kappa shape index (κ1) is 28.0. The maximum absolute atomic E-state index is 13.2. The predicted octanol–water partition coefficient (Wildman–Crippen LogP) is 3.33. The molecule has 2 aromatic heterocycles. The monoisotopic (exact) mass is 531 g/mol. The number of anilines is 1. The molecule has 1 atom stereocenters. The van der Waals surface area contributed by atoms with Crippen molar-refractivity contribution in [1.29, 1.82) is 0 Å². The van der Waals surface area contributed by atoms with Gasteiger partial charge in [0.05, 0.1) is 12.2 Å². The van der Waals surface area contributed by atoms with Crippen LogP contribution in [0.3, 0.4) is 0 Å². The average molecular weight is 531 g/mol. The van der Waals surface area contributed by atoms with Crippen molar-refractivity contribution in [2.24, 2.45) is 5.92 Å². The van der Waals surface area contributed by atoms with E-state index in [2.05, 4.69) is 20.6 Å². The summed E-state index contributed by atoms with van der Waals surface area (Å²) in [5.41, 5.74) is -0.193. The number of nitrogens with one attached hydrogen (secondary N) is 2. The van der Waals surface area contributed by atoms with Crippen LogP contribution in [0, 0.1) is 5.92 Å². The smallest absolute Gasteiger partial charge is 0.444 e. The van der Waals surface area contributed by atoms with Crippen LogP contribution < -0.4 is 16.2 Å². The van der Waals surface area contributed by atoms with Gasteiger partial charge in [0.2, 0.25) is 5.91 Å². The number of hydrogen-bond donors (Lipinski definition) is 2. The zero-order valence-corrected chi connectivity index (χ0v) is 20.4. The van der Waals surface area contributed by atoms with Crippen molar-refractivity contribution in [3.8, 4) is 11.4 Å². The van der Waals surface area contributed by atoms with Gasteiger partial charge in [-0.05, 0) is 23.6 Å². The van der Waals surface area contributed by atoms with Gasteiger partial charge in [-0.1, -0.05) is 44.2 Å². The molecule has 13 heteroatoms. The Bertz CT molecular complexity index is 1340. The molecule has 1 unspecified atom stereocenters. The van der Waals surface area contributed by atoms with Gasteiger partial charge in [-0.3, -0.25) is 29.3 Å². The van der Waals surface area contributed by atoms with Crippen LogP contribution in [-0.4, -0.2) is 44.5 Å². The second-order valence-electron chi connectivity index (χ2n) is 8.47. The number of halogens is 3. The van der Waals surface area contributed by atoms with E-state index >= 15 is 0 Å². The number of rotatable bonds is 9. The van der Waals surface area contributed by atoms with E-state index in [0.29, 0.717) is 11.1 Å². The van der Waals surface area contributed by atoms with E-state index in [1.165, 1.54) is 26.2 Å². The van der Waals surface area contributed by atoms with Crippen LogP contribution in [0.5, 0.6) is 0 Å². The van der Waals surface area contributed by atoms with Gasteiger partial charge in [-0.25, -0.2) is 9.78 Å². The summed E-state index contributed by atoms with van der Waals surface area (Å²) in [4.78, 5) is 58.1. The topological polar surface area (TPSA) is 132 Å². The van der Waals surface area contributed by atoms with E-state index in [1.54, 1.807) is 42.5 Å². The summed E-state index contributed by atoms with van der Waals surface area (Å²) in [7, 11) is 0. The number of ether oxygens (including phenoxy) is 1.